The summed E-state index contributed by atoms with van der Waals surface area (Å²) in [6, 6.07) is 3.59. The van der Waals surface area contributed by atoms with Crippen LogP contribution in [-0.2, 0) is 4.79 Å². The monoisotopic (exact) mass is 190 g/mol. The normalized spacial score (nSPS) is 10.4. The van der Waals surface area contributed by atoms with Crippen molar-refractivity contribution in [1.82, 2.24) is 14.6 Å². The number of hydrogen-bond acceptors (Lipinski definition) is 3. The molecular weight excluding hydrogens is 180 g/mol. The maximum absolute atomic E-state index is 10.8. The topological polar surface area (TPSA) is 59.3 Å². The first-order chi connectivity index (χ1) is 6.66. The molecule has 0 fully saturated rings. The summed E-state index contributed by atoms with van der Waals surface area (Å²) < 4.78 is 1.69. The first-order valence-corrected chi connectivity index (χ1v) is 4.26. The van der Waals surface area contributed by atoms with Crippen LogP contribution in [0.2, 0.25) is 0 Å². The maximum Gasteiger partial charge on any atom is 0.222 e. The van der Waals surface area contributed by atoms with Crippen LogP contribution in [0.15, 0.2) is 18.3 Å². The van der Waals surface area contributed by atoms with E-state index >= 15 is 0 Å². The fourth-order valence-corrected chi connectivity index (χ4v) is 1.26. The van der Waals surface area contributed by atoms with E-state index in [0.29, 0.717) is 5.82 Å². The Hall–Kier alpha value is -1.91. The minimum Gasteiger partial charge on any atom is -0.309 e. The van der Waals surface area contributed by atoms with Crippen molar-refractivity contribution in [2.45, 2.75) is 13.8 Å². The fraction of sp³-hybridized carbons (Fsp3) is 0.222. The van der Waals surface area contributed by atoms with Crippen molar-refractivity contribution in [1.29, 1.82) is 0 Å². The Bertz CT molecular complexity index is 489. The molecule has 1 amide bonds. The first-order valence-electron chi connectivity index (χ1n) is 4.26. The molecule has 2 rings (SSSR count). The van der Waals surface area contributed by atoms with Gasteiger partial charge >= 0.3 is 0 Å². The summed E-state index contributed by atoms with van der Waals surface area (Å²) in [6.07, 6.45) is 1.71. The highest BCUT2D eigenvalue weighted by Gasteiger charge is 2.04. The average Bonchev–Trinajstić information content (AvgIpc) is 2.47. The van der Waals surface area contributed by atoms with E-state index in [9.17, 15) is 4.79 Å². The number of rotatable bonds is 1. The molecule has 5 heteroatoms. The summed E-state index contributed by atoms with van der Waals surface area (Å²) in [6.45, 7) is 3.38. The van der Waals surface area contributed by atoms with E-state index in [1.807, 2.05) is 13.0 Å². The van der Waals surface area contributed by atoms with Crippen molar-refractivity contribution >= 4 is 17.4 Å². The highest BCUT2D eigenvalue weighted by Crippen LogP contribution is 2.09. The summed E-state index contributed by atoms with van der Waals surface area (Å²) in [5, 5.41) is 6.79. The third kappa shape index (κ3) is 1.44. The number of fused-ring (bicyclic) bond motifs is 1. The molecule has 2 heterocycles. The molecule has 0 aromatic carbocycles. The number of carbonyl (C=O) groups excluding carboxylic acids is 1. The Balaban J connectivity index is 2.51. The minimum atomic E-state index is -0.133. The molecule has 5 nitrogen and oxygen atoms in total. The smallest absolute Gasteiger partial charge is 0.222 e. The second-order valence-corrected chi connectivity index (χ2v) is 3.07. The summed E-state index contributed by atoms with van der Waals surface area (Å²) in [5.74, 6) is 0.394. The molecule has 1 N–H and O–H groups in total. The third-order valence-electron chi connectivity index (χ3n) is 1.85. The van der Waals surface area contributed by atoms with Gasteiger partial charge in [-0.15, -0.1) is 5.10 Å². The molecular formula is C9H10N4O. The van der Waals surface area contributed by atoms with Gasteiger partial charge in [0.2, 0.25) is 5.91 Å². The molecule has 0 unspecified atom stereocenters. The quantitative estimate of drug-likeness (QED) is 0.729. The summed E-state index contributed by atoms with van der Waals surface area (Å²) in [7, 11) is 0. The molecule has 0 saturated heterocycles. The molecule has 0 atom stereocenters. The number of carbonyl (C=O) groups is 1. The number of nitrogens with zero attached hydrogens (tertiary/aromatic N) is 3. The van der Waals surface area contributed by atoms with Gasteiger partial charge in [0.15, 0.2) is 11.5 Å². The number of amides is 1. The molecule has 14 heavy (non-hydrogen) atoms. The van der Waals surface area contributed by atoms with Gasteiger partial charge in [0.1, 0.15) is 0 Å². The molecule has 0 bridgehead atoms. The zero-order chi connectivity index (χ0) is 10.1. The molecule has 0 aliphatic carbocycles. The minimum absolute atomic E-state index is 0.133. The Morgan fingerprint density at radius 3 is 3.00 bits per heavy atom. The van der Waals surface area contributed by atoms with Gasteiger partial charge in [0.25, 0.3) is 0 Å². The molecule has 0 saturated carbocycles. The van der Waals surface area contributed by atoms with E-state index in [2.05, 4.69) is 15.4 Å². The van der Waals surface area contributed by atoms with Crippen LogP contribution >= 0.6 is 0 Å². The van der Waals surface area contributed by atoms with E-state index in [4.69, 9.17) is 0 Å². The van der Waals surface area contributed by atoms with Crippen LogP contribution in [0, 0.1) is 6.92 Å². The van der Waals surface area contributed by atoms with Gasteiger partial charge in [-0.3, -0.25) is 4.79 Å². The second kappa shape index (κ2) is 3.10. The second-order valence-electron chi connectivity index (χ2n) is 3.07. The van der Waals surface area contributed by atoms with Crippen LogP contribution in [0.3, 0.4) is 0 Å². The Labute approximate surface area is 80.8 Å². The van der Waals surface area contributed by atoms with E-state index < -0.39 is 0 Å². The Kier molecular flexibility index (Phi) is 1.92. The van der Waals surface area contributed by atoms with Crippen molar-refractivity contribution in [2.75, 3.05) is 5.32 Å². The largest absolute Gasteiger partial charge is 0.309 e. The van der Waals surface area contributed by atoms with Gasteiger partial charge < -0.3 is 5.32 Å². The number of aromatic nitrogens is 3. The van der Waals surface area contributed by atoms with Crippen molar-refractivity contribution in [3.8, 4) is 0 Å². The lowest BCUT2D eigenvalue weighted by atomic mass is 10.4. The molecule has 0 radical (unpaired) electrons. The van der Waals surface area contributed by atoms with Crippen molar-refractivity contribution in [3.63, 3.8) is 0 Å². The Morgan fingerprint density at radius 2 is 2.36 bits per heavy atom. The van der Waals surface area contributed by atoms with Gasteiger partial charge in [0.05, 0.1) is 0 Å². The zero-order valence-corrected chi connectivity index (χ0v) is 7.98. The molecule has 0 aliphatic rings. The third-order valence-corrected chi connectivity index (χ3v) is 1.85. The standard InChI is InChI=1S/C9H10N4O/c1-6-3-4-10-9-5-8(11-7(2)14)12-13(6)9/h3-5H,1-2H3,(H,11,12,14). The Morgan fingerprint density at radius 1 is 1.57 bits per heavy atom. The van der Waals surface area contributed by atoms with E-state index in [-0.39, 0.29) is 5.91 Å². The first kappa shape index (κ1) is 8.68. The van der Waals surface area contributed by atoms with E-state index in [0.717, 1.165) is 11.3 Å². The predicted molar refractivity (Wildman–Crippen MR) is 52.0 cm³/mol. The number of nitrogens with one attached hydrogen (secondary N) is 1. The maximum atomic E-state index is 10.8. The lowest BCUT2D eigenvalue weighted by Crippen LogP contribution is -2.06. The summed E-state index contributed by atoms with van der Waals surface area (Å²) in [4.78, 5) is 14.9. The molecule has 0 spiro atoms. The number of aryl methyl sites for hydroxylation is 1. The van der Waals surface area contributed by atoms with Gasteiger partial charge in [-0.25, -0.2) is 9.50 Å². The zero-order valence-electron chi connectivity index (χ0n) is 7.98. The molecule has 2 aromatic heterocycles. The van der Waals surface area contributed by atoms with Crippen LogP contribution < -0.4 is 5.32 Å². The number of anilines is 1. The summed E-state index contributed by atoms with van der Waals surface area (Å²) >= 11 is 0. The van der Waals surface area contributed by atoms with Crippen LogP contribution in [0.5, 0.6) is 0 Å². The highest BCUT2D eigenvalue weighted by atomic mass is 16.1. The average molecular weight is 190 g/mol. The van der Waals surface area contributed by atoms with E-state index in [1.54, 1.807) is 16.8 Å². The predicted octanol–water partition coefficient (Wildman–Crippen LogP) is 0.996. The van der Waals surface area contributed by atoms with Crippen molar-refractivity contribution in [3.05, 3.63) is 24.0 Å². The van der Waals surface area contributed by atoms with Crippen molar-refractivity contribution < 1.29 is 4.79 Å². The number of hydrogen-bond donors (Lipinski definition) is 1. The van der Waals surface area contributed by atoms with Gasteiger partial charge in [-0.1, -0.05) is 0 Å². The SMILES string of the molecule is CC(=O)Nc1cc2nccc(C)n2n1. The van der Waals surface area contributed by atoms with E-state index in [1.165, 1.54) is 6.92 Å². The molecule has 2 aromatic rings. The van der Waals surface area contributed by atoms with Crippen LogP contribution in [0.25, 0.3) is 5.65 Å². The van der Waals surface area contributed by atoms with Crippen LogP contribution in [0.4, 0.5) is 5.82 Å². The van der Waals surface area contributed by atoms with Crippen LogP contribution in [-0.4, -0.2) is 20.5 Å². The van der Waals surface area contributed by atoms with Gasteiger partial charge in [-0.2, -0.15) is 0 Å². The highest BCUT2D eigenvalue weighted by molar-refractivity contribution is 5.88. The fourth-order valence-electron chi connectivity index (χ4n) is 1.26. The lowest BCUT2D eigenvalue weighted by molar-refractivity contribution is -0.114. The summed E-state index contributed by atoms with van der Waals surface area (Å²) in [5.41, 5.74) is 1.71. The van der Waals surface area contributed by atoms with Crippen LogP contribution in [0.1, 0.15) is 12.6 Å². The molecule has 0 aliphatic heterocycles. The van der Waals surface area contributed by atoms with Gasteiger partial charge in [0, 0.05) is 24.9 Å². The van der Waals surface area contributed by atoms with Crippen molar-refractivity contribution in [2.24, 2.45) is 0 Å². The lowest BCUT2D eigenvalue weighted by Gasteiger charge is -1.95. The molecule has 72 valence electrons. The van der Waals surface area contributed by atoms with Gasteiger partial charge in [-0.05, 0) is 13.0 Å².